The minimum atomic E-state index is -0.705. The van der Waals surface area contributed by atoms with Gasteiger partial charge < -0.3 is 5.11 Å². The molecule has 1 atom stereocenters. The Hall–Kier alpha value is -0.830. The van der Waals surface area contributed by atoms with E-state index in [1.165, 1.54) is 0 Å². The van der Waals surface area contributed by atoms with Crippen LogP contribution in [0.5, 0.6) is 0 Å². The number of hydrogen-bond acceptors (Lipinski definition) is 1. The first-order chi connectivity index (χ1) is 7.11. The van der Waals surface area contributed by atoms with Gasteiger partial charge in [0, 0.05) is 4.47 Å². The summed E-state index contributed by atoms with van der Waals surface area (Å²) in [6, 6.07) is 5.82. The van der Waals surface area contributed by atoms with Gasteiger partial charge in [-0.15, -0.1) is 0 Å². The third-order valence-electron chi connectivity index (χ3n) is 2.92. The minimum Gasteiger partial charge on any atom is -0.481 e. The zero-order chi connectivity index (χ0) is 11.0. The highest BCUT2D eigenvalue weighted by molar-refractivity contribution is 9.10. The molecule has 15 heavy (non-hydrogen) atoms. The molecule has 1 fully saturated rings. The van der Waals surface area contributed by atoms with Gasteiger partial charge >= 0.3 is 5.97 Å². The summed E-state index contributed by atoms with van der Waals surface area (Å²) in [5.41, 5.74) is 2.02. The lowest BCUT2D eigenvalue weighted by atomic mass is 9.93. The summed E-state index contributed by atoms with van der Waals surface area (Å²) in [5.74, 6) is -0.705. The molecule has 1 saturated carbocycles. The molecule has 80 valence electrons. The Morgan fingerprint density at radius 3 is 2.73 bits per heavy atom. The summed E-state index contributed by atoms with van der Waals surface area (Å²) in [7, 11) is 0. The molecule has 0 saturated heterocycles. The number of carboxylic acids is 1. The maximum absolute atomic E-state index is 11.2. The van der Waals surface area contributed by atoms with E-state index in [-0.39, 0.29) is 5.92 Å². The maximum atomic E-state index is 11.2. The van der Waals surface area contributed by atoms with Gasteiger partial charge in [-0.3, -0.25) is 4.79 Å². The summed E-state index contributed by atoms with van der Waals surface area (Å²) >= 11 is 3.48. The van der Waals surface area contributed by atoms with Crippen LogP contribution in [-0.2, 0) is 4.79 Å². The molecule has 0 radical (unpaired) electrons. The largest absolute Gasteiger partial charge is 0.481 e. The third kappa shape index (κ3) is 2.07. The molecule has 1 unspecified atom stereocenters. The van der Waals surface area contributed by atoms with Crippen LogP contribution in [0.4, 0.5) is 0 Å². The van der Waals surface area contributed by atoms with Crippen LogP contribution in [0.15, 0.2) is 22.7 Å². The second-order valence-electron chi connectivity index (χ2n) is 4.13. The Balaban J connectivity index is 2.41. The van der Waals surface area contributed by atoms with Crippen molar-refractivity contribution in [3.05, 3.63) is 33.8 Å². The molecule has 1 N–H and O–H groups in total. The quantitative estimate of drug-likeness (QED) is 0.913. The summed E-state index contributed by atoms with van der Waals surface area (Å²) in [6.07, 6.45) is 2.08. The fourth-order valence-electron chi connectivity index (χ4n) is 1.93. The zero-order valence-corrected chi connectivity index (χ0v) is 10.1. The standard InChI is InChI=1S/C12H13BrO2/c1-7-3-2-4-9(11(7)13)10(12(14)15)8-5-6-8/h2-4,8,10H,5-6H2,1H3,(H,14,15). The lowest BCUT2D eigenvalue weighted by Crippen LogP contribution is -2.14. The molecule has 0 bridgehead atoms. The van der Waals surface area contributed by atoms with Crippen LogP contribution in [0.1, 0.15) is 29.9 Å². The molecule has 0 heterocycles. The highest BCUT2D eigenvalue weighted by Crippen LogP contribution is 2.45. The fraction of sp³-hybridized carbons (Fsp3) is 0.417. The SMILES string of the molecule is Cc1cccc(C(C(=O)O)C2CC2)c1Br. The topological polar surface area (TPSA) is 37.3 Å². The van der Waals surface area contributed by atoms with Crippen LogP contribution in [0, 0.1) is 12.8 Å². The maximum Gasteiger partial charge on any atom is 0.311 e. The van der Waals surface area contributed by atoms with Gasteiger partial charge in [-0.1, -0.05) is 34.1 Å². The molecule has 0 aliphatic heterocycles. The Kier molecular flexibility index (Phi) is 2.83. The first-order valence-electron chi connectivity index (χ1n) is 5.09. The monoisotopic (exact) mass is 268 g/mol. The van der Waals surface area contributed by atoms with E-state index in [0.717, 1.165) is 28.4 Å². The summed E-state index contributed by atoms with van der Waals surface area (Å²) in [5, 5.41) is 9.23. The highest BCUT2D eigenvalue weighted by Gasteiger charge is 2.38. The zero-order valence-electron chi connectivity index (χ0n) is 8.53. The Labute approximate surface area is 97.4 Å². The predicted octanol–water partition coefficient (Wildman–Crippen LogP) is 3.34. The van der Waals surface area contributed by atoms with E-state index < -0.39 is 5.97 Å². The van der Waals surface area contributed by atoms with Crippen molar-refractivity contribution < 1.29 is 9.90 Å². The first kappa shape index (κ1) is 10.7. The lowest BCUT2D eigenvalue weighted by Gasteiger charge is -2.14. The van der Waals surface area contributed by atoms with Crippen molar-refractivity contribution >= 4 is 21.9 Å². The molecule has 2 nitrogen and oxygen atoms in total. The van der Waals surface area contributed by atoms with Crippen molar-refractivity contribution in [2.75, 3.05) is 0 Å². The second-order valence-corrected chi connectivity index (χ2v) is 4.92. The first-order valence-corrected chi connectivity index (χ1v) is 5.88. The molecule has 0 aromatic heterocycles. The van der Waals surface area contributed by atoms with Gasteiger partial charge in [0.05, 0.1) is 5.92 Å². The molecule has 2 rings (SSSR count). The fourth-order valence-corrected chi connectivity index (χ4v) is 2.44. The second kappa shape index (κ2) is 3.97. The van der Waals surface area contributed by atoms with Crippen LogP contribution >= 0.6 is 15.9 Å². The predicted molar refractivity (Wildman–Crippen MR) is 62.0 cm³/mol. The van der Waals surface area contributed by atoms with Gasteiger partial charge in [0.15, 0.2) is 0 Å². The molecule has 1 aliphatic rings. The molecule has 1 aliphatic carbocycles. The van der Waals surface area contributed by atoms with Gasteiger partial charge in [0.2, 0.25) is 0 Å². The molecule has 1 aromatic carbocycles. The van der Waals surface area contributed by atoms with Crippen molar-refractivity contribution in [2.24, 2.45) is 5.92 Å². The van der Waals surface area contributed by atoms with Gasteiger partial charge in [0.1, 0.15) is 0 Å². The summed E-state index contributed by atoms with van der Waals surface area (Å²) in [4.78, 5) is 11.2. The number of aliphatic carboxylic acids is 1. The minimum absolute atomic E-state index is 0.334. The lowest BCUT2D eigenvalue weighted by molar-refractivity contribution is -0.139. The number of rotatable bonds is 3. The number of carboxylic acid groups (broad SMARTS) is 1. The van der Waals surface area contributed by atoms with Gasteiger partial charge in [-0.05, 0) is 36.8 Å². The Morgan fingerprint density at radius 1 is 1.53 bits per heavy atom. The van der Waals surface area contributed by atoms with Crippen molar-refractivity contribution in [1.29, 1.82) is 0 Å². The molecule has 0 spiro atoms. The van der Waals surface area contributed by atoms with E-state index >= 15 is 0 Å². The Bertz CT molecular complexity index is 397. The van der Waals surface area contributed by atoms with E-state index in [1.807, 2.05) is 25.1 Å². The molecule has 1 aromatic rings. The number of aryl methyl sites for hydroxylation is 1. The van der Waals surface area contributed by atoms with Crippen molar-refractivity contribution in [3.8, 4) is 0 Å². The molecular weight excluding hydrogens is 256 g/mol. The van der Waals surface area contributed by atoms with E-state index in [9.17, 15) is 9.90 Å². The van der Waals surface area contributed by atoms with E-state index in [4.69, 9.17) is 0 Å². The number of benzene rings is 1. The average molecular weight is 269 g/mol. The van der Waals surface area contributed by atoms with Crippen molar-refractivity contribution in [2.45, 2.75) is 25.7 Å². The normalized spacial score (nSPS) is 17.5. The van der Waals surface area contributed by atoms with Gasteiger partial charge in [-0.2, -0.15) is 0 Å². The number of halogens is 1. The summed E-state index contributed by atoms with van der Waals surface area (Å²) in [6.45, 7) is 1.99. The van der Waals surface area contributed by atoms with Crippen LogP contribution in [-0.4, -0.2) is 11.1 Å². The summed E-state index contributed by atoms with van der Waals surface area (Å²) < 4.78 is 0.948. The van der Waals surface area contributed by atoms with Crippen LogP contribution in [0.3, 0.4) is 0 Å². The Morgan fingerprint density at radius 2 is 2.20 bits per heavy atom. The smallest absolute Gasteiger partial charge is 0.311 e. The van der Waals surface area contributed by atoms with E-state index in [0.29, 0.717) is 5.92 Å². The van der Waals surface area contributed by atoms with E-state index in [2.05, 4.69) is 15.9 Å². The molecule has 3 heteroatoms. The van der Waals surface area contributed by atoms with Crippen LogP contribution < -0.4 is 0 Å². The van der Waals surface area contributed by atoms with Gasteiger partial charge in [0.25, 0.3) is 0 Å². The average Bonchev–Trinajstić information content (AvgIpc) is 2.96. The third-order valence-corrected chi connectivity index (χ3v) is 4.00. The van der Waals surface area contributed by atoms with Crippen molar-refractivity contribution in [1.82, 2.24) is 0 Å². The number of hydrogen-bond donors (Lipinski definition) is 1. The van der Waals surface area contributed by atoms with E-state index in [1.54, 1.807) is 0 Å². The van der Waals surface area contributed by atoms with Crippen LogP contribution in [0.25, 0.3) is 0 Å². The van der Waals surface area contributed by atoms with Crippen LogP contribution in [0.2, 0.25) is 0 Å². The highest BCUT2D eigenvalue weighted by atomic mass is 79.9. The molecule has 0 amide bonds. The van der Waals surface area contributed by atoms with Gasteiger partial charge in [-0.25, -0.2) is 0 Å². The van der Waals surface area contributed by atoms with Crippen molar-refractivity contribution in [3.63, 3.8) is 0 Å². The number of carbonyl (C=O) groups is 1. The molecular formula is C12H13BrO2.